The molecule has 0 amide bonds. The van der Waals surface area contributed by atoms with E-state index in [1.54, 1.807) is 11.3 Å². The van der Waals surface area contributed by atoms with Crippen molar-refractivity contribution in [1.82, 2.24) is 0 Å². The minimum atomic E-state index is 0.861. The lowest BCUT2D eigenvalue weighted by Gasteiger charge is -2.10. The molecular weight excluding hydrogens is 394 g/mol. The van der Waals surface area contributed by atoms with Crippen molar-refractivity contribution in [3.63, 3.8) is 0 Å². The SMILES string of the molecule is C=C/C=C/Cc1sc(NC(=C)CCC(=C)c2cccc(CC)c2)cc1-c1ccccc1. The Morgan fingerprint density at radius 3 is 2.55 bits per heavy atom. The van der Waals surface area contributed by atoms with Gasteiger partial charge in [-0.1, -0.05) is 99.5 Å². The normalized spacial score (nSPS) is 10.9. The minimum Gasteiger partial charge on any atom is -0.351 e. The monoisotopic (exact) mass is 425 g/mol. The maximum atomic E-state index is 4.30. The molecule has 0 bridgehead atoms. The molecular formula is C29H31NS. The fraction of sp³-hybridized carbons (Fsp3) is 0.172. The Kier molecular flexibility index (Phi) is 8.26. The number of hydrogen-bond donors (Lipinski definition) is 1. The second-order valence-corrected chi connectivity index (χ2v) is 8.70. The van der Waals surface area contributed by atoms with Gasteiger partial charge in [-0.3, -0.25) is 0 Å². The first-order valence-corrected chi connectivity index (χ1v) is 11.6. The van der Waals surface area contributed by atoms with Crippen LogP contribution in [0.5, 0.6) is 0 Å². The van der Waals surface area contributed by atoms with Crippen molar-refractivity contribution in [3.05, 3.63) is 120 Å². The standard InChI is InChI=1S/C29H31NS/c1-5-7-9-17-28-27(25-14-10-8-11-15-25)21-29(31-28)30-23(4)19-18-22(3)26-16-12-13-24(6-2)20-26/h5,7-16,20-21,30H,1,3-4,6,17-19H2,2H3/b9-7+. The lowest BCUT2D eigenvalue weighted by molar-refractivity contribution is 1.01. The quantitative estimate of drug-likeness (QED) is 0.303. The molecule has 0 aliphatic rings. The maximum absolute atomic E-state index is 4.30. The summed E-state index contributed by atoms with van der Waals surface area (Å²) in [4.78, 5) is 1.33. The number of hydrogen-bond acceptors (Lipinski definition) is 2. The van der Waals surface area contributed by atoms with Crippen LogP contribution in [0.15, 0.2) is 104 Å². The molecule has 0 radical (unpaired) electrons. The summed E-state index contributed by atoms with van der Waals surface area (Å²) >= 11 is 1.79. The second-order valence-electron chi connectivity index (χ2n) is 7.57. The highest BCUT2D eigenvalue weighted by Crippen LogP contribution is 2.36. The number of allylic oxidation sites excluding steroid dienone is 5. The molecule has 0 spiro atoms. The van der Waals surface area contributed by atoms with Crippen LogP contribution in [0.3, 0.4) is 0 Å². The largest absolute Gasteiger partial charge is 0.351 e. The fourth-order valence-corrected chi connectivity index (χ4v) is 4.57. The van der Waals surface area contributed by atoms with E-state index >= 15 is 0 Å². The number of benzene rings is 2. The second kappa shape index (κ2) is 11.3. The molecule has 158 valence electrons. The van der Waals surface area contributed by atoms with Crippen LogP contribution in [0.4, 0.5) is 5.00 Å². The smallest absolute Gasteiger partial charge is 0.0933 e. The molecule has 31 heavy (non-hydrogen) atoms. The van der Waals surface area contributed by atoms with Gasteiger partial charge in [-0.25, -0.2) is 0 Å². The Balaban J connectivity index is 1.67. The summed E-state index contributed by atoms with van der Waals surface area (Å²) in [5.41, 5.74) is 7.26. The predicted octanol–water partition coefficient (Wildman–Crippen LogP) is 8.68. The van der Waals surface area contributed by atoms with Gasteiger partial charge in [0.2, 0.25) is 0 Å². The zero-order valence-electron chi connectivity index (χ0n) is 18.4. The summed E-state index contributed by atoms with van der Waals surface area (Å²) in [7, 11) is 0. The van der Waals surface area contributed by atoms with Gasteiger partial charge in [0, 0.05) is 17.0 Å². The number of nitrogens with one attached hydrogen (secondary N) is 1. The van der Waals surface area contributed by atoms with Crippen molar-refractivity contribution in [3.8, 4) is 11.1 Å². The summed E-state index contributed by atoms with van der Waals surface area (Å²) in [6, 6.07) is 21.5. The molecule has 0 saturated carbocycles. The van der Waals surface area contributed by atoms with E-state index in [-0.39, 0.29) is 0 Å². The third kappa shape index (κ3) is 6.44. The summed E-state index contributed by atoms with van der Waals surface area (Å²) in [6.07, 6.45) is 9.66. The summed E-state index contributed by atoms with van der Waals surface area (Å²) in [6.45, 7) is 14.5. The summed E-state index contributed by atoms with van der Waals surface area (Å²) < 4.78 is 0. The summed E-state index contributed by atoms with van der Waals surface area (Å²) in [5.74, 6) is 0. The highest BCUT2D eigenvalue weighted by molar-refractivity contribution is 7.16. The third-order valence-corrected chi connectivity index (χ3v) is 6.31. The zero-order chi connectivity index (χ0) is 22.1. The van der Waals surface area contributed by atoms with E-state index in [4.69, 9.17) is 0 Å². The molecule has 1 N–H and O–H groups in total. The van der Waals surface area contributed by atoms with E-state index in [0.717, 1.165) is 42.0 Å². The predicted molar refractivity (Wildman–Crippen MR) is 140 cm³/mol. The topological polar surface area (TPSA) is 12.0 Å². The average molecular weight is 426 g/mol. The molecule has 1 nitrogen and oxygen atoms in total. The van der Waals surface area contributed by atoms with Crippen LogP contribution < -0.4 is 5.32 Å². The van der Waals surface area contributed by atoms with Gasteiger partial charge in [0.25, 0.3) is 0 Å². The van der Waals surface area contributed by atoms with Gasteiger partial charge in [-0.05, 0) is 53.2 Å². The van der Waals surface area contributed by atoms with E-state index in [0.29, 0.717) is 0 Å². The van der Waals surface area contributed by atoms with Gasteiger partial charge in [0.1, 0.15) is 0 Å². The molecule has 0 unspecified atom stereocenters. The van der Waals surface area contributed by atoms with Crippen molar-refractivity contribution >= 4 is 21.9 Å². The van der Waals surface area contributed by atoms with Gasteiger partial charge in [0.15, 0.2) is 0 Å². The Morgan fingerprint density at radius 1 is 1.00 bits per heavy atom. The molecule has 0 saturated heterocycles. The fourth-order valence-electron chi connectivity index (χ4n) is 3.47. The number of rotatable bonds is 11. The van der Waals surface area contributed by atoms with Gasteiger partial charge < -0.3 is 5.32 Å². The lowest BCUT2D eigenvalue weighted by atomic mass is 9.99. The molecule has 0 atom stereocenters. The highest BCUT2D eigenvalue weighted by atomic mass is 32.1. The number of aryl methyl sites for hydroxylation is 1. The number of anilines is 1. The molecule has 0 aliphatic heterocycles. The Bertz CT molecular complexity index is 1070. The number of thiophene rings is 1. The van der Waals surface area contributed by atoms with E-state index in [2.05, 4.69) is 98.7 Å². The van der Waals surface area contributed by atoms with Crippen molar-refractivity contribution in [2.45, 2.75) is 32.6 Å². The molecule has 3 rings (SSSR count). The van der Waals surface area contributed by atoms with Gasteiger partial charge in [-0.2, -0.15) is 0 Å². The van der Waals surface area contributed by atoms with Crippen LogP contribution >= 0.6 is 11.3 Å². The third-order valence-electron chi connectivity index (χ3n) is 5.24. The van der Waals surface area contributed by atoms with Crippen molar-refractivity contribution in [2.75, 3.05) is 5.32 Å². The van der Waals surface area contributed by atoms with Crippen LogP contribution in [0.2, 0.25) is 0 Å². The molecule has 0 fully saturated rings. The van der Waals surface area contributed by atoms with E-state index < -0.39 is 0 Å². The Hall–Kier alpha value is -3.10. The average Bonchev–Trinajstić information content (AvgIpc) is 3.20. The first-order chi connectivity index (χ1) is 15.1. The molecule has 3 aromatic rings. The maximum Gasteiger partial charge on any atom is 0.0933 e. The van der Waals surface area contributed by atoms with Crippen LogP contribution in [0.1, 0.15) is 35.8 Å². The van der Waals surface area contributed by atoms with E-state index in [1.165, 1.54) is 27.1 Å². The Morgan fingerprint density at radius 2 is 1.81 bits per heavy atom. The first-order valence-electron chi connectivity index (χ1n) is 10.8. The highest BCUT2D eigenvalue weighted by Gasteiger charge is 2.11. The molecule has 1 heterocycles. The van der Waals surface area contributed by atoms with E-state index in [9.17, 15) is 0 Å². The lowest BCUT2D eigenvalue weighted by Crippen LogP contribution is -1.97. The molecule has 1 aromatic heterocycles. The summed E-state index contributed by atoms with van der Waals surface area (Å²) in [5, 5.41) is 4.66. The van der Waals surface area contributed by atoms with Crippen LogP contribution in [0.25, 0.3) is 16.7 Å². The van der Waals surface area contributed by atoms with E-state index in [1.807, 2.05) is 12.2 Å². The minimum absolute atomic E-state index is 0.861. The van der Waals surface area contributed by atoms with Gasteiger partial charge in [0.05, 0.1) is 5.00 Å². The van der Waals surface area contributed by atoms with Crippen molar-refractivity contribution in [1.29, 1.82) is 0 Å². The Labute approximate surface area is 191 Å². The molecule has 2 aromatic carbocycles. The first kappa shape index (κ1) is 22.6. The molecule has 2 heteroatoms. The van der Waals surface area contributed by atoms with Gasteiger partial charge in [-0.15, -0.1) is 11.3 Å². The van der Waals surface area contributed by atoms with Crippen LogP contribution in [-0.2, 0) is 12.8 Å². The molecule has 0 aliphatic carbocycles. The van der Waals surface area contributed by atoms with Crippen molar-refractivity contribution in [2.24, 2.45) is 0 Å². The van der Waals surface area contributed by atoms with Gasteiger partial charge >= 0.3 is 0 Å². The van der Waals surface area contributed by atoms with Crippen LogP contribution in [0, 0.1) is 0 Å². The van der Waals surface area contributed by atoms with Crippen molar-refractivity contribution < 1.29 is 0 Å². The zero-order valence-corrected chi connectivity index (χ0v) is 19.2. The van der Waals surface area contributed by atoms with Crippen LogP contribution in [-0.4, -0.2) is 0 Å².